The molecule has 37 heavy (non-hydrogen) atoms. The number of carboxylic acids is 1. The molecule has 3 amide bonds. The van der Waals surface area contributed by atoms with Crippen LogP contribution in [-0.4, -0.2) is 71.2 Å². The van der Waals surface area contributed by atoms with Crippen molar-refractivity contribution in [3.63, 3.8) is 0 Å². The maximum absolute atomic E-state index is 13.3. The number of carbonyl (C=O) groups excluding carboxylic acids is 3. The monoisotopic (exact) mass is 537 g/mol. The van der Waals surface area contributed by atoms with Gasteiger partial charge in [-0.1, -0.05) is 44.2 Å². The van der Waals surface area contributed by atoms with Gasteiger partial charge < -0.3 is 37.8 Å². The van der Waals surface area contributed by atoms with Gasteiger partial charge in [0.15, 0.2) is 5.96 Å². The molecule has 1 aromatic carbocycles. The lowest BCUT2D eigenvalue weighted by atomic mass is 10.0. The Balaban J connectivity index is 3.11. The molecule has 1 rings (SSSR count). The summed E-state index contributed by atoms with van der Waals surface area (Å²) >= 11 is 4.01. The van der Waals surface area contributed by atoms with Crippen LogP contribution in [0, 0.1) is 11.3 Å². The zero-order chi connectivity index (χ0) is 28.0. The lowest BCUT2D eigenvalue weighted by Crippen LogP contribution is -2.58. The number of nitrogens with one attached hydrogen (secondary N) is 5. The van der Waals surface area contributed by atoms with Crippen molar-refractivity contribution in [3.8, 4) is 0 Å². The molecule has 0 heterocycles. The van der Waals surface area contributed by atoms with Crippen molar-refractivity contribution in [1.29, 1.82) is 5.41 Å². The molecule has 0 saturated heterocycles. The summed E-state index contributed by atoms with van der Waals surface area (Å²) in [6, 6.07) is 4.76. The third-order valence-corrected chi connectivity index (χ3v) is 5.78. The van der Waals surface area contributed by atoms with Crippen LogP contribution < -0.4 is 32.7 Å². The molecule has 0 fully saturated rings. The SMILES string of the molecule is CC(C)C[C@H](NC(=O)[C@H](Cc1ccccc1)NC(=O)[C@H](CCCNC(=N)N)NC(=O)[C@@H](N)CS)C(=O)O. The first-order chi connectivity index (χ1) is 17.4. The predicted octanol–water partition coefficient (Wildman–Crippen LogP) is -0.665. The molecule has 0 aliphatic heterocycles. The lowest BCUT2D eigenvalue weighted by molar-refractivity contribution is -0.142. The number of benzene rings is 1. The largest absolute Gasteiger partial charge is 0.480 e. The van der Waals surface area contributed by atoms with E-state index in [-0.39, 0.29) is 43.4 Å². The molecule has 13 heteroatoms. The number of aliphatic carboxylic acids is 1. The standard InChI is InChI=1S/C24H39N7O5S/c1-14(2)11-19(23(35)36)31-22(34)18(12-15-7-4-3-5-8-15)30-21(33)17(9-6-10-28-24(26)27)29-20(32)16(25)13-37/h3-5,7-8,14,16-19,37H,6,9-13,25H2,1-2H3,(H,29,32)(H,30,33)(H,31,34)(H,35,36)(H4,26,27,28)/t16-,17-,18-,19-/m0/s1. The van der Waals surface area contributed by atoms with Crippen molar-refractivity contribution < 1.29 is 24.3 Å². The zero-order valence-corrected chi connectivity index (χ0v) is 22.1. The van der Waals surface area contributed by atoms with Crippen LogP contribution in [0.15, 0.2) is 30.3 Å². The predicted molar refractivity (Wildman–Crippen MR) is 144 cm³/mol. The van der Waals surface area contributed by atoms with Crippen molar-refractivity contribution in [3.05, 3.63) is 35.9 Å². The summed E-state index contributed by atoms with van der Waals surface area (Å²) in [5, 5.41) is 27.2. The van der Waals surface area contributed by atoms with Crippen LogP contribution in [0.3, 0.4) is 0 Å². The number of carbonyl (C=O) groups is 4. The molecular weight excluding hydrogens is 498 g/mol. The zero-order valence-electron chi connectivity index (χ0n) is 21.2. The molecule has 0 spiro atoms. The quantitative estimate of drug-likeness (QED) is 0.0570. The second-order valence-corrected chi connectivity index (χ2v) is 9.48. The van der Waals surface area contributed by atoms with Gasteiger partial charge in [0.1, 0.15) is 18.1 Å². The summed E-state index contributed by atoms with van der Waals surface area (Å²) in [6.07, 6.45) is 0.868. The maximum atomic E-state index is 13.3. The van der Waals surface area contributed by atoms with Gasteiger partial charge in [0.2, 0.25) is 17.7 Å². The number of hydrogen-bond donors (Lipinski definition) is 9. The van der Waals surface area contributed by atoms with Crippen LogP contribution in [0.4, 0.5) is 0 Å². The van der Waals surface area contributed by atoms with Gasteiger partial charge in [-0.2, -0.15) is 12.6 Å². The average Bonchev–Trinajstić information content (AvgIpc) is 2.84. The maximum Gasteiger partial charge on any atom is 0.326 e. The fourth-order valence-corrected chi connectivity index (χ4v) is 3.62. The van der Waals surface area contributed by atoms with Gasteiger partial charge in [-0.3, -0.25) is 19.8 Å². The molecule has 0 bridgehead atoms. The second-order valence-electron chi connectivity index (χ2n) is 9.11. The molecule has 0 radical (unpaired) electrons. The van der Waals surface area contributed by atoms with Crippen LogP contribution in [0.25, 0.3) is 0 Å². The minimum absolute atomic E-state index is 0.0165. The van der Waals surface area contributed by atoms with E-state index >= 15 is 0 Å². The molecule has 4 atom stereocenters. The van der Waals surface area contributed by atoms with E-state index in [0.717, 1.165) is 5.56 Å². The van der Waals surface area contributed by atoms with Gasteiger partial charge in [-0.15, -0.1) is 0 Å². The summed E-state index contributed by atoms with van der Waals surface area (Å²) in [5.41, 5.74) is 11.8. The van der Waals surface area contributed by atoms with Gasteiger partial charge in [-0.25, -0.2) is 4.79 Å². The Morgan fingerprint density at radius 1 is 0.973 bits per heavy atom. The topological polar surface area (TPSA) is 213 Å². The number of guanidine groups is 1. The normalized spacial score (nSPS) is 14.1. The summed E-state index contributed by atoms with van der Waals surface area (Å²) in [5.74, 6) is -3.18. The first-order valence-electron chi connectivity index (χ1n) is 12.1. The second kappa shape index (κ2) is 16.4. The molecular formula is C24H39N7O5S. The smallest absolute Gasteiger partial charge is 0.326 e. The van der Waals surface area contributed by atoms with Crippen LogP contribution in [-0.2, 0) is 25.6 Å². The van der Waals surface area contributed by atoms with E-state index in [1.807, 2.05) is 19.9 Å². The summed E-state index contributed by atoms with van der Waals surface area (Å²) in [7, 11) is 0. The Labute approximate surface area is 222 Å². The molecule has 0 saturated carbocycles. The Morgan fingerprint density at radius 3 is 2.08 bits per heavy atom. The molecule has 0 aliphatic rings. The number of amides is 3. The minimum Gasteiger partial charge on any atom is -0.480 e. The highest BCUT2D eigenvalue weighted by Gasteiger charge is 2.30. The Kier molecular flexibility index (Phi) is 14.1. The van der Waals surface area contributed by atoms with Crippen molar-refractivity contribution >= 4 is 42.3 Å². The van der Waals surface area contributed by atoms with Gasteiger partial charge in [-0.05, 0) is 30.7 Å². The van der Waals surface area contributed by atoms with Gasteiger partial charge in [0.05, 0.1) is 6.04 Å². The highest BCUT2D eigenvalue weighted by molar-refractivity contribution is 7.80. The summed E-state index contributed by atoms with van der Waals surface area (Å²) in [6.45, 7) is 3.97. The van der Waals surface area contributed by atoms with Crippen LogP contribution >= 0.6 is 12.6 Å². The third kappa shape index (κ3) is 12.5. The van der Waals surface area contributed by atoms with E-state index in [1.54, 1.807) is 24.3 Å². The molecule has 10 N–H and O–H groups in total. The number of hydrogen-bond acceptors (Lipinski definition) is 7. The number of carboxylic acid groups (broad SMARTS) is 1. The molecule has 0 unspecified atom stereocenters. The van der Waals surface area contributed by atoms with Gasteiger partial charge in [0, 0.05) is 18.7 Å². The van der Waals surface area contributed by atoms with Gasteiger partial charge >= 0.3 is 5.97 Å². The summed E-state index contributed by atoms with van der Waals surface area (Å²) in [4.78, 5) is 50.5. The molecule has 12 nitrogen and oxygen atoms in total. The lowest BCUT2D eigenvalue weighted by Gasteiger charge is -2.25. The molecule has 0 aliphatic carbocycles. The van der Waals surface area contributed by atoms with Crippen molar-refractivity contribution in [2.45, 2.75) is 63.7 Å². The first kappa shape index (κ1) is 31.7. The molecule has 1 aromatic rings. The fraction of sp³-hybridized carbons (Fsp3) is 0.542. The number of nitrogens with two attached hydrogens (primary N) is 2. The number of thiol groups is 1. The van der Waals surface area contributed by atoms with Gasteiger partial charge in [0.25, 0.3) is 0 Å². The minimum atomic E-state index is -1.17. The highest BCUT2D eigenvalue weighted by Crippen LogP contribution is 2.09. The van der Waals surface area contributed by atoms with Crippen LogP contribution in [0.5, 0.6) is 0 Å². The van der Waals surface area contributed by atoms with Crippen molar-refractivity contribution in [2.24, 2.45) is 17.4 Å². The number of rotatable bonds is 16. The first-order valence-corrected chi connectivity index (χ1v) is 12.7. The van der Waals surface area contributed by atoms with Crippen molar-refractivity contribution in [2.75, 3.05) is 12.3 Å². The Bertz CT molecular complexity index is 916. The third-order valence-electron chi connectivity index (χ3n) is 5.39. The van der Waals surface area contributed by atoms with E-state index in [4.69, 9.17) is 16.9 Å². The van der Waals surface area contributed by atoms with E-state index in [9.17, 15) is 24.3 Å². The Morgan fingerprint density at radius 2 is 1.54 bits per heavy atom. The Hall–Kier alpha value is -3.32. The summed E-state index contributed by atoms with van der Waals surface area (Å²) < 4.78 is 0. The van der Waals surface area contributed by atoms with Crippen LogP contribution in [0.1, 0.15) is 38.7 Å². The molecule has 206 valence electrons. The van der Waals surface area contributed by atoms with E-state index in [0.29, 0.717) is 6.42 Å². The molecule has 0 aromatic heterocycles. The average molecular weight is 538 g/mol. The van der Waals surface area contributed by atoms with E-state index in [1.165, 1.54) is 0 Å². The van der Waals surface area contributed by atoms with Crippen molar-refractivity contribution in [1.82, 2.24) is 21.3 Å². The fourth-order valence-electron chi connectivity index (χ4n) is 3.46. The van der Waals surface area contributed by atoms with E-state index < -0.39 is 47.9 Å². The van der Waals surface area contributed by atoms with Crippen LogP contribution in [0.2, 0.25) is 0 Å². The van der Waals surface area contributed by atoms with E-state index in [2.05, 4.69) is 33.9 Å². The highest BCUT2D eigenvalue weighted by atomic mass is 32.1.